The normalized spacial score (nSPS) is 17.9. The molecule has 0 saturated carbocycles. The van der Waals surface area contributed by atoms with Crippen molar-refractivity contribution in [2.75, 3.05) is 12.0 Å². The lowest BCUT2D eigenvalue weighted by atomic mass is 9.84. The number of halogens is 2. The highest BCUT2D eigenvalue weighted by Gasteiger charge is 2.48. The predicted octanol–water partition coefficient (Wildman–Crippen LogP) is 6.00. The summed E-state index contributed by atoms with van der Waals surface area (Å²) < 4.78 is 24.8. The molecule has 0 radical (unpaired) electrons. The van der Waals surface area contributed by atoms with Crippen LogP contribution in [0, 0.1) is 5.82 Å². The second-order valence-corrected chi connectivity index (χ2v) is 9.36. The van der Waals surface area contributed by atoms with Crippen LogP contribution >= 0.6 is 11.6 Å². The molecule has 1 N–H and O–H groups in total. The lowest BCUT2D eigenvalue weighted by molar-refractivity contribution is -0.132. The maximum absolute atomic E-state index is 13.8. The number of amides is 1. The minimum absolute atomic E-state index is 0.148. The number of carbonyl (C=O) groups excluding carboxylic acids is 2. The number of ketones is 1. The van der Waals surface area contributed by atoms with Crippen LogP contribution in [0.2, 0.25) is 5.02 Å². The van der Waals surface area contributed by atoms with E-state index in [1.165, 1.54) is 18.4 Å². The van der Waals surface area contributed by atoms with E-state index in [-0.39, 0.29) is 33.2 Å². The molecule has 2 heterocycles. The van der Waals surface area contributed by atoms with Crippen molar-refractivity contribution < 1.29 is 28.2 Å². The molecule has 0 bridgehead atoms. The van der Waals surface area contributed by atoms with E-state index in [0.717, 1.165) is 16.5 Å². The van der Waals surface area contributed by atoms with Gasteiger partial charge < -0.3 is 14.3 Å². The topological polar surface area (TPSA) is 80.0 Å². The Morgan fingerprint density at radius 1 is 1.15 bits per heavy atom. The highest BCUT2D eigenvalue weighted by molar-refractivity contribution is 6.51. The molecule has 1 aliphatic rings. The fraction of sp³-hybridized carbons (Fsp3) is 0.231. The molecule has 3 aromatic rings. The van der Waals surface area contributed by atoms with E-state index < -0.39 is 23.5 Å². The Morgan fingerprint density at radius 3 is 2.47 bits per heavy atom. The first kappa shape index (κ1) is 23.6. The lowest BCUT2D eigenvalue weighted by Crippen LogP contribution is -2.29. The lowest BCUT2D eigenvalue weighted by Gasteiger charge is -2.24. The molecule has 4 rings (SSSR count). The highest BCUT2D eigenvalue weighted by atomic mass is 35.5. The monoisotopic (exact) mass is 483 g/mol. The number of nitrogens with zero attached hydrogens (tertiary/aromatic N) is 1. The third-order valence-electron chi connectivity index (χ3n) is 5.72. The molecule has 2 aromatic carbocycles. The average Bonchev–Trinajstić information content (AvgIpc) is 3.41. The minimum Gasteiger partial charge on any atom is -0.507 e. The van der Waals surface area contributed by atoms with Gasteiger partial charge in [-0.3, -0.25) is 14.5 Å². The van der Waals surface area contributed by atoms with Crippen molar-refractivity contribution in [2.45, 2.75) is 32.2 Å². The standard InChI is InChI=1S/C26H23ClFNO5/c1-26(2,3)16-12-14(7-10-19(16)33-4)23(30)21-22(20-6-5-11-34-20)29(25(32)24(21)31)15-8-9-18(28)17(27)13-15/h5-13,22,30H,1-4H3/b23-21-. The second kappa shape index (κ2) is 8.65. The van der Waals surface area contributed by atoms with Gasteiger partial charge in [-0.2, -0.15) is 0 Å². The van der Waals surface area contributed by atoms with Gasteiger partial charge in [0.15, 0.2) is 0 Å². The van der Waals surface area contributed by atoms with Crippen LogP contribution in [0.5, 0.6) is 5.75 Å². The fourth-order valence-corrected chi connectivity index (χ4v) is 4.22. The minimum atomic E-state index is -1.07. The Kier molecular flexibility index (Phi) is 6.00. The zero-order chi connectivity index (χ0) is 24.8. The van der Waals surface area contributed by atoms with Gasteiger partial charge in [0.05, 0.1) is 24.0 Å². The largest absolute Gasteiger partial charge is 0.507 e. The summed E-state index contributed by atoms with van der Waals surface area (Å²) in [5.41, 5.74) is 0.883. The molecular weight excluding hydrogens is 461 g/mol. The van der Waals surface area contributed by atoms with Crippen molar-refractivity contribution in [3.8, 4) is 5.75 Å². The molecule has 1 aliphatic heterocycles. The molecular formula is C26H23ClFNO5. The van der Waals surface area contributed by atoms with Gasteiger partial charge >= 0.3 is 0 Å². The SMILES string of the molecule is COc1ccc(/C(O)=C2/C(=O)C(=O)N(c3ccc(F)c(Cl)c3)C2c2ccco2)cc1C(C)(C)C. The number of ether oxygens (including phenoxy) is 1. The zero-order valence-electron chi connectivity index (χ0n) is 19.1. The summed E-state index contributed by atoms with van der Waals surface area (Å²) in [5.74, 6) is -1.92. The van der Waals surface area contributed by atoms with Crippen LogP contribution in [-0.4, -0.2) is 23.9 Å². The zero-order valence-corrected chi connectivity index (χ0v) is 19.8. The van der Waals surface area contributed by atoms with Crippen LogP contribution in [0.4, 0.5) is 10.1 Å². The third kappa shape index (κ3) is 3.96. The Labute approximate surface area is 201 Å². The number of aliphatic hydroxyl groups is 1. The molecule has 1 atom stereocenters. The molecule has 0 spiro atoms. The van der Waals surface area contributed by atoms with Gasteiger partial charge in [0.2, 0.25) is 0 Å². The summed E-state index contributed by atoms with van der Waals surface area (Å²) in [7, 11) is 1.56. The van der Waals surface area contributed by atoms with Crippen molar-refractivity contribution in [1.82, 2.24) is 0 Å². The van der Waals surface area contributed by atoms with Crippen LogP contribution in [0.1, 0.15) is 43.7 Å². The molecule has 0 aliphatic carbocycles. The number of hydrogen-bond acceptors (Lipinski definition) is 5. The molecule has 6 nitrogen and oxygen atoms in total. The fourth-order valence-electron chi connectivity index (χ4n) is 4.05. The number of Topliss-reactive ketones (excluding diaryl/α,β-unsaturated/α-hetero) is 1. The van der Waals surface area contributed by atoms with Crippen LogP contribution in [0.25, 0.3) is 5.76 Å². The molecule has 176 valence electrons. The average molecular weight is 484 g/mol. The van der Waals surface area contributed by atoms with E-state index >= 15 is 0 Å². The number of carbonyl (C=O) groups is 2. The summed E-state index contributed by atoms with van der Waals surface area (Å²) in [6.07, 6.45) is 1.40. The Morgan fingerprint density at radius 2 is 1.88 bits per heavy atom. The Hall–Kier alpha value is -3.58. The first-order chi connectivity index (χ1) is 16.0. The summed E-state index contributed by atoms with van der Waals surface area (Å²) >= 11 is 5.94. The summed E-state index contributed by atoms with van der Waals surface area (Å²) in [5, 5.41) is 11.1. The number of hydrogen-bond donors (Lipinski definition) is 1. The molecule has 1 saturated heterocycles. The summed E-state index contributed by atoms with van der Waals surface area (Å²) in [6, 6.07) is 10.9. The van der Waals surface area contributed by atoms with Crippen LogP contribution in [0.3, 0.4) is 0 Å². The van der Waals surface area contributed by atoms with Crippen LogP contribution in [-0.2, 0) is 15.0 Å². The molecule has 1 fully saturated rings. The van der Waals surface area contributed by atoms with Gasteiger partial charge in [-0.1, -0.05) is 32.4 Å². The van der Waals surface area contributed by atoms with Crippen molar-refractivity contribution in [3.05, 3.63) is 88.1 Å². The number of benzene rings is 2. The van der Waals surface area contributed by atoms with Gasteiger partial charge in [0.25, 0.3) is 11.7 Å². The highest BCUT2D eigenvalue weighted by Crippen LogP contribution is 2.43. The molecule has 8 heteroatoms. The van der Waals surface area contributed by atoms with Gasteiger partial charge in [-0.05, 0) is 53.9 Å². The summed E-state index contributed by atoms with van der Waals surface area (Å²) in [4.78, 5) is 27.4. The first-order valence-electron chi connectivity index (χ1n) is 10.5. The number of anilines is 1. The van der Waals surface area contributed by atoms with Gasteiger partial charge in [0, 0.05) is 16.8 Å². The smallest absolute Gasteiger partial charge is 0.300 e. The van der Waals surface area contributed by atoms with Crippen LogP contribution in [0.15, 0.2) is 64.8 Å². The third-order valence-corrected chi connectivity index (χ3v) is 6.01. The van der Waals surface area contributed by atoms with Crippen molar-refractivity contribution in [1.29, 1.82) is 0 Å². The Bertz CT molecular complexity index is 1310. The van der Waals surface area contributed by atoms with Crippen LogP contribution < -0.4 is 9.64 Å². The number of aliphatic hydroxyl groups excluding tert-OH is 1. The maximum atomic E-state index is 13.8. The molecule has 1 aromatic heterocycles. The number of furan rings is 1. The number of methoxy groups -OCH3 is 1. The summed E-state index contributed by atoms with van der Waals surface area (Å²) in [6.45, 7) is 5.98. The molecule has 1 unspecified atom stereocenters. The predicted molar refractivity (Wildman–Crippen MR) is 127 cm³/mol. The van der Waals surface area contributed by atoms with E-state index in [1.807, 2.05) is 20.8 Å². The van der Waals surface area contributed by atoms with E-state index in [2.05, 4.69) is 0 Å². The molecule has 1 amide bonds. The quantitative estimate of drug-likeness (QED) is 0.279. The van der Waals surface area contributed by atoms with Gasteiger partial charge in [-0.25, -0.2) is 4.39 Å². The van der Waals surface area contributed by atoms with Crippen molar-refractivity contribution >= 4 is 34.7 Å². The number of rotatable bonds is 4. The van der Waals surface area contributed by atoms with Gasteiger partial charge in [-0.15, -0.1) is 0 Å². The van der Waals surface area contributed by atoms with E-state index in [9.17, 15) is 19.1 Å². The van der Waals surface area contributed by atoms with E-state index in [1.54, 1.807) is 37.4 Å². The van der Waals surface area contributed by atoms with E-state index in [4.69, 9.17) is 20.8 Å². The maximum Gasteiger partial charge on any atom is 0.300 e. The van der Waals surface area contributed by atoms with Crippen molar-refractivity contribution in [2.24, 2.45) is 0 Å². The molecule has 34 heavy (non-hydrogen) atoms. The van der Waals surface area contributed by atoms with Crippen molar-refractivity contribution in [3.63, 3.8) is 0 Å². The second-order valence-electron chi connectivity index (χ2n) is 8.95. The first-order valence-corrected chi connectivity index (χ1v) is 10.9. The van der Waals surface area contributed by atoms with E-state index in [0.29, 0.717) is 11.3 Å². The van der Waals surface area contributed by atoms with Gasteiger partial charge in [0.1, 0.15) is 29.1 Å². The Balaban J connectivity index is 1.93.